The molecule has 0 bridgehead atoms. The van der Waals surface area contributed by atoms with Crippen molar-refractivity contribution in [2.75, 3.05) is 13.2 Å². The van der Waals surface area contributed by atoms with Gasteiger partial charge in [0, 0.05) is 24.2 Å². The Morgan fingerprint density at radius 3 is 2.36 bits per heavy atom. The van der Waals surface area contributed by atoms with E-state index in [0.29, 0.717) is 24.9 Å². The van der Waals surface area contributed by atoms with Gasteiger partial charge >= 0.3 is 5.97 Å². The average Bonchev–Trinajstić information content (AvgIpc) is 3.53. The lowest BCUT2D eigenvalue weighted by molar-refractivity contribution is -0.340. The van der Waals surface area contributed by atoms with Gasteiger partial charge in [-0.2, -0.15) is 0 Å². The second-order valence-corrected chi connectivity index (χ2v) is 17.7. The fourth-order valence-electron chi connectivity index (χ4n) is 12.3. The number of carbonyl (C=O) groups excluding carboxylic acids is 1. The van der Waals surface area contributed by atoms with Crippen LogP contribution in [-0.4, -0.2) is 128 Å². The first kappa shape index (κ1) is 37.3. The zero-order valence-electron chi connectivity index (χ0n) is 30.1. The number of fused-ring (bicyclic) bond motifs is 7. The molecule has 3 heterocycles. The Labute approximate surface area is 294 Å². The smallest absolute Gasteiger partial charge is 0.335 e. The number of hydrogen-bond acceptors (Lipinski definition) is 13. The Morgan fingerprint density at radius 2 is 1.70 bits per heavy atom. The molecule has 13 nitrogen and oxygen atoms in total. The highest BCUT2D eigenvalue weighted by atomic mass is 16.7. The largest absolute Gasteiger partial charge is 0.458 e. The molecule has 50 heavy (non-hydrogen) atoms. The van der Waals surface area contributed by atoms with E-state index in [0.717, 1.165) is 32.1 Å². The van der Waals surface area contributed by atoms with Crippen LogP contribution in [0.2, 0.25) is 0 Å². The van der Waals surface area contributed by atoms with E-state index in [1.165, 1.54) is 0 Å². The van der Waals surface area contributed by atoms with Gasteiger partial charge in [0.25, 0.3) is 0 Å². The van der Waals surface area contributed by atoms with E-state index in [2.05, 4.69) is 20.8 Å². The third-order valence-electron chi connectivity index (χ3n) is 15.2. The monoisotopic (exact) mass is 712 g/mol. The average molecular weight is 713 g/mol. The van der Waals surface area contributed by atoms with Crippen LogP contribution in [0, 0.1) is 46.3 Å². The van der Waals surface area contributed by atoms with Crippen LogP contribution in [0.5, 0.6) is 0 Å². The van der Waals surface area contributed by atoms with E-state index < -0.39 is 84.5 Å². The Morgan fingerprint density at radius 1 is 0.960 bits per heavy atom. The van der Waals surface area contributed by atoms with Gasteiger partial charge in [0.1, 0.15) is 30.5 Å². The SMILES string of the molecule is CCC(O)C(=O)O[C@@H]1C[C@]2(O)[C@H](O)C[C@H]3[C@@H]4C[C@@H]5O[C@]6(CC[C@@H](C)CO6)[C@@H](C)[C@@H]5[C@@]4(C)CC[C@@H]3[C@@]2(C)C[C@H]1O[C@@H]1O[C@H](CO)[C@@H](O)[C@H](O)[C@H]1O. The van der Waals surface area contributed by atoms with Gasteiger partial charge in [0.15, 0.2) is 18.2 Å². The molecule has 13 heteroatoms. The maximum absolute atomic E-state index is 12.9. The summed E-state index contributed by atoms with van der Waals surface area (Å²) in [5.74, 6) is -0.0826. The van der Waals surface area contributed by atoms with E-state index >= 15 is 0 Å². The van der Waals surface area contributed by atoms with Crippen LogP contribution in [0.25, 0.3) is 0 Å². The van der Waals surface area contributed by atoms with Crippen molar-refractivity contribution in [2.45, 2.75) is 165 Å². The second kappa shape index (κ2) is 13.1. The molecule has 4 saturated carbocycles. The minimum Gasteiger partial charge on any atom is -0.458 e. The van der Waals surface area contributed by atoms with Gasteiger partial charge in [0.05, 0.1) is 37.1 Å². The number of rotatable bonds is 6. The van der Waals surface area contributed by atoms with Gasteiger partial charge < -0.3 is 59.4 Å². The number of aliphatic hydroxyl groups excluding tert-OH is 6. The third-order valence-corrected chi connectivity index (χ3v) is 15.2. The van der Waals surface area contributed by atoms with Gasteiger partial charge in [-0.05, 0) is 80.0 Å². The van der Waals surface area contributed by atoms with Gasteiger partial charge in [-0.15, -0.1) is 0 Å². The summed E-state index contributed by atoms with van der Waals surface area (Å²) in [6.07, 6.45) is -7.24. The van der Waals surface area contributed by atoms with Gasteiger partial charge in [0.2, 0.25) is 0 Å². The molecule has 3 saturated heterocycles. The molecule has 7 aliphatic rings. The molecule has 20 atom stereocenters. The molecule has 0 aromatic heterocycles. The number of aliphatic hydroxyl groups is 7. The molecule has 3 aliphatic heterocycles. The van der Waals surface area contributed by atoms with E-state index in [1.54, 1.807) is 6.92 Å². The van der Waals surface area contributed by atoms with Crippen LogP contribution in [0.4, 0.5) is 0 Å². The van der Waals surface area contributed by atoms with Gasteiger partial charge in [-0.25, -0.2) is 4.79 Å². The molecule has 0 aromatic carbocycles. The minimum absolute atomic E-state index is 0.0253. The van der Waals surface area contributed by atoms with E-state index in [9.17, 15) is 40.5 Å². The lowest BCUT2D eigenvalue weighted by Crippen LogP contribution is -2.71. The molecule has 7 N–H and O–H groups in total. The van der Waals surface area contributed by atoms with Crippen LogP contribution in [0.1, 0.15) is 92.4 Å². The molecule has 7 rings (SSSR count). The Kier molecular flexibility index (Phi) is 9.79. The first-order valence-electron chi connectivity index (χ1n) is 19.1. The lowest BCUT2D eigenvalue weighted by Gasteiger charge is -2.66. The Balaban J connectivity index is 1.17. The number of carbonyl (C=O) groups is 1. The summed E-state index contributed by atoms with van der Waals surface area (Å²) in [4.78, 5) is 12.9. The summed E-state index contributed by atoms with van der Waals surface area (Å²) in [7, 11) is 0. The predicted molar refractivity (Wildman–Crippen MR) is 175 cm³/mol. The molecule has 7 fully saturated rings. The first-order valence-corrected chi connectivity index (χ1v) is 19.1. The summed E-state index contributed by atoms with van der Waals surface area (Å²) in [5, 5.41) is 76.3. The molecule has 0 amide bonds. The minimum atomic E-state index is -1.68. The summed E-state index contributed by atoms with van der Waals surface area (Å²) in [6.45, 7) is 10.6. The maximum Gasteiger partial charge on any atom is 0.335 e. The van der Waals surface area contributed by atoms with Crippen molar-refractivity contribution in [3.8, 4) is 0 Å². The standard InChI is InChI=1S/C37H60O13/c1-6-22(39)32(44)47-25-14-36(45)27(40)11-19-20(35(36,5)13-24(25)48-33-31(43)30(42)29(41)26(15-38)49-33)8-9-34(4)21(19)12-23-28(34)18(3)37(50-23)10-7-17(2)16-46-37/h17-31,33,38-43,45H,6-16H2,1-5H3/t17-,18+,19-,20+,21+,22?,23+,24-,25-,26-,27-,28+,29-,30+,31-,33-,34+,35-,36+,37-/m1/s1. The van der Waals surface area contributed by atoms with Crippen molar-refractivity contribution < 1.29 is 64.2 Å². The zero-order chi connectivity index (χ0) is 36.1. The fraction of sp³-hybridized carbons (Fsp3) is 0.973. The lowest BCUT2D eigenvalue weighted by atomic mass is 9.42. The molecule has 1 unspecified atom stereocenters. The molecule has 0 radical (unpaired) electrons. The van der Waals surface area contributed by atoms with E-state index in [-0.39, 0.29) is 54.5 Å². The predicted octanol–water partition coefficient (Wildman–Crippen LogP) is 0.996. The maximum atomic E-state index is 12.9. The quantitative estimate of drug-likeness (QED) is 0.152. The van der Waals surface area contributed by atoms with Crippen molar-refractivity contribution in [1.29, 1.82) is 0 Å². The summed E-state index contributed by atoms with van der Waals surface area (Å²) >= 11 is 0. The normalized spacial score (nSPS) is 56.6. The van der Waals surface area contributed by atoms with E-state index in [1.807, 2.05) is 6.92 Å². The summed E-state index contributed by atoms with van der Waals surface area (Å²) in [6, 6.07) is 0. The molecule has 1 spiro atoms. The topological polar surface area (TPSA) is 205 Å². The van der Waals surface area contributed by atoms with Crippen LogP contribution in [0.3, 0.4) is 0 Å². The Hall–Kier alpha value is -0.970. The molecular formula is C37H60O13. The molecule has 4 aliphatic carbocycles. The number of ether oxygens (including phenoxy) is 5. The second-order valence-electron chi connectivity index (χ2n) is 17.7. The number of hydrogen-bond donors (Lipinski definition) is 7. The third kappa shape index (κ3) is 5.47. The van der Waals surface area contributed by atoms with Crippen molar-refractivity contribution >= 4 is 5.97 Å². The van der Waals surface area contributed by atoms with Crippen molar-refractivity contribution in [2.24, 2.45) is 46.3 Å². The van der Waals surface area contributed by atoms with Crippen LogP contribution in [0.15, 0.2) is 0 Å². The Bertz CT molecular complexity index is 1260. The van der Waals surface area contributed by atoms with Crippen molar-refractivity contribution in [1.82, 2.24) is 0 Å². The van der Waals surface area contributed by atoms with Crippen LogP contribution in [-0.2, 0) is 28.5 Å². The molecular weight excluding hydrogens is 652 g/mol. The van der Waals surface area contributed by atoms with Crippen LogP contribution < -0.4 is 0 Å². The highest BCUT2D eigenvalue weighted by Crippen LogP contribution is 2.72. The summed E-state index contributed by atoms with van der Waals surface area (Å²) in [5.41, 5.74) is -2.62. The van der Waals surface area contributed by atoms with Crippen molar-refractivity contribution in [3.63, 3.8) is 0 Å². The van der Waals surface area contributed by atoms with Crippen molar-refractivity contribution in [3.05, 3.63) is 0 Å². The fourth-order valence-corrected chi connectivity index (χ4v) is 12.3. The molecule has 0 aromatic rings. The van der Waals surface area contributed by atoms with Gasteiger partial charge in [-0.1, -0.05) is 34.6 Å². The van der Waals surface area contributed by atoms with Crippen LogP contribution >= 0.6 is 0 Å². The number of esters is 1. The molecule has 286 valence electrons. The summed E-state index contributed by atoms with van der Waals surface area (Å²) < 4.78 is 31.1. The van der Waals surface area contributed by atoms with E-state index in [4.69, 9.17) is 23.7 Å². The highest BCUT2D eigenvalue weighted by Gasteiger charge is 2.73. The zero-order valence-corrected chi connectivity index (χ0v) is 30.1. The van der Waals surface area contributed by atoms with Gasteiger partial charge in [-0.3, -0.25) is 0 Å². The first-order chi connectivity index (χ1) is 23.5. The highest BCUT2D eigenvalue weighted by molar-refractivity contribution is 5.74.